The zero-order chi connectivity index (χ0) is 20.4. The van der Waals surface area contributed by atoms with Crippen LogP contribution in [0.2, 0.25) is 0 Å². The predicted octanol–water partition coefficient (Wildman–Crippen LogP) is 5.61. The van der Waals surface area contributed by atoms with Crippen LogP contribution in [0.3, 0.4) is 0 Å². The number of hydrogen-bond acceptors (Lipinski definition) is 3. The fourth-order valence-electron chi connectivity index (χ4n) is 3.59. The Hall–Kier alpha value is -1.69. The highest BCUT2D eigenvalue weighted by Gasteiger charge is 2.45. The quantitative estimate of drug-likeness (QED) is 0.663. The molecule has 1 unspecified atom stereocenters. The molecule has 2 atom stereocenters. The molecule has 2 rings (SSSR count). The van der Waals surface area contributed by atoms with Crippen LogP contribution >= 0.6 is 0 Å². The molecule has 1 amide bonds. The van der Waals surface area contributed by atoms with Gasteiger partial charge >= 0.3 is 6.09 Å². The van der Waals surface area contributed by atoms with Gasteiger partial charge in [0.2, 0.25) is 0 Å². The molecule has 6 heteroatoms. The molecular weight excluding hydrogens is 352 g/mol. The third kappa shape index (κ3) is 5.64. The number of halogens is 2. The van der Waals surface area contributed by atoms with Gasteiger partial charge in [-0.1, -0.05) is 6.92 Å². The molecule has 1 fully saturated rings. The van der Waals surface area contributed by atoms with E-state index < -0.39 is 29.1 Å². The van der Waals surface area contributed by atoms with Crippen molar-refractivity contribution >= 4 is 6.09 Å². The van der Waals surface area contributed by atoms with Crippen molar-refractivity contribution < 1.29 is 23.0 Å². The molecule has 0 aromatic heterocycles. The van der Waals surface area contributed by atoms with Crippen LogP contribution < -0.4 is 0 Å². The lowest BCUT2D eigenvalue weighted by Crippen LogP contribution is -2.49. The summed E-state index contributed by atoms with van der Waals surface area (Å²) in [6, 6.07) is 3.52. The smallest absolute Gasteiger partial charge is 0.412 e. The van der Waals surface area contributed by atoms with E-state index in [0.29, 0.717) is 25.0 Å². The summed E-state index contributed by atoms with van der Waals surface area (Å²) in [5.41, 5.74) is -0.692. The number of carbonyl (C=O) groups excluding carboxylic acids is 1. The normalized spacial score (nSPS) is 20.6. The molecule has 0 N–H and O–H groups in total. The lowest BCUT2D eigenvalue weighted by molar-refractivity contribution is -0.0627. The average Bonchev–Trinajstić information content (AvgIpc) is 2.80. The van der Waals surface area contributed by atoms with Crippen molar-refractivity contribution in [2.75, 3.05) is 6.61 Å². The van der Waals surface area contributed by atoms with E-state index in [1.807, 2.05) is 41.5 Å². The Morgan fingerprint density at radius 3 is 2.41 bits per heavy atom. The predicted molar refractivity (Wildman–Crippen MR) is 101 cm³/mol. The first-order valence-corrected chi connectivity index (χ1v) is 9.55. The van der Waals surface area contributed by atoms with E-state index in [1.165, 1.54) is 12.1 Å². The zero-order valence-corrected chi connectivity index (χ0v) is 17.1. The second-order valence-electron chi connectivity index (χ2n) is 8.65. The van der Waals surface area contributed by atoms with Gasteiger partial charge < -0.3 is 9.47 Å². The standard InChI is InChI=1S/C21H31F2NO3/c1-7-14(15-10-16(22)12-17(23)11-15)8-9-18-13-26-21(5,6)24(18)19(25)27-20(2,3)4/h10-12,14,18H,7-9,13H2,1-6H3/t14?,18-/m0/s1. The van der Waals surface area contributed by atoms with Crippen LogP contribution in [0.5, 0.6) is 0 Å². The second kappa shape index (κ2) is 8.13. The van der Waals surface area contributed by atoms with Crippen molar-refractivity contribution in [2.45, 2.75) is 84.1 Å². The Morgan fingerprint density at radius 2 is 1.89 bits per heavy atom. The monoisotopic (exact) mass is 383 g/mol. The lowest BCUT2D eigenvalue weighted by atomic mass is 9.90. The van der Waals surface area contributed by atoms with Gasteiger partial charge in [0.05, 0.1) is 12.6 Å². The molecule has 4 nitrogen and oxygen atoms in total. The molecule has 27 heavy (non-hydrogen) atoms. The third-order valence-corrected chi connectivity index (χ3v) is 4.86. The molecule has 0 spiro atoms. The first kappa shape index (κ1) is 21.6. The molecule has 0 bridgehead atoms. The van der Waals surface area contributed by atoms with E-state index >= 15 is 0 Å². The summed E-state index contributed by atoms with van der Waals surface area (Å²) in [6.07, 6.45) is 1.72. The zero-order valence-electron chi connectivity index (χ0n) is 17.1. The largest absolute Gasteiger partial charge is 0.444 e. The Balaban J connectivity index is 2.10. The maximum atomic E-state index is 13.6. The van der Waals surface area contributed by atoms with Gasteiger partial charge in [-0.3, -0.25) is 4.90 Å². The number of carbonyl (C=O) groups is 1. The molecule has 1 aromatic rings. The molecular formula is C21H31F2NO3. The number of amides is 1. The highest BCUT2D eigenvalue weighted by Crippen LogP contribution is 2.34. The number of ether oxygens (including phenoxy) is 2. The SMILES string of the molecule is CCC(CC[C@H]1COC(C)(C)N1C(=O)OC(C)(C)C)c1cc(F)cc(F)c1. The summed E-state index contributed by atoms with van der Waals surface area (Å²) in [6.45, 7) is 11.6. The maximum absolute atomic E-state index is 13.6. The Bertz CT molecular complexity index is 650. The first-order chi connectivity index (χ1) is 12.4. The molecule has 1 aliphatic heterocycles. The fourth-order valence-corrected chi connectivity index (χ4v) is 3.59. The van der Waals surface area contributed by atoms with Crippen molar-refractivity contribution in [1.82, 2.24) is 4.90 Å². The molecule has 1 aromatic carbocycles. The van der Waals surface area contributed by atoms with Gasteiger partial charge in [0.15, 0.2) is 0 Å². The van der Waals surface area contributed by atoms with Crippen LogP contribution in [0, 0.1) is 11.6 Å². The van der Waals surface area contributed by atoms with E-state index in [1.54, 1.807) is 4.90 Å². The minimum atomic E-state index is -0.750. The topological polar surface area (TPSA) is 38.8 Å². The molecule has 0 aliphatic carbocycles. The van der Waals surface area contributed by atoms with E-state index in [9.17, 15) is 13.6 Å². The number of benzene rings is 1. The summed E-state index contributed by atoms with van der Waals surface area (Å²) in [4.78, 5) is 14.3. The number of hydrogen-bond donors (Lipinski definition) is 0. The van der Waals surface area contributed by atoms with Crippen LogP contribution in [0.4, 0.5) is 13.6 Å². The molecule has 1 saturated heterocycles. The fraction of sp³-hybridized carbons (Fsp3) is 0.667. The van der Waals surface area contributed by atoms with Gasteiger partial charge in [0, 0.05) is 6.07 Å². The van der Waals surface area contributed by atoms with Crippen molar-refractivity contribution in [2.24, 2.45) is 0 Å². The van der Waals surface area contributed by atoms with Gasteiger partial charge in [-0.15, -0.1) is 0 Å². The van der Waals surface area contributed by atoms with Crippen molar-refractivity contribution in [1.29, 1.82) is 0 Å². The first-order valence-electron chi connectivity index (χ1n) is 9.55. The molecule has 152 valence electrons. The highest BCUT2D eigenvalue weighted by molar-refractivity contribution is 5.69. The Morgan fingerprint density at radius 1 is 1.30 bits per heavy atom. The van der Waals surface area contributed by atoms with Crippen molar-refractivity contribution in [3.8, 4) is 0 Å². The molecule has 1 aliphatic rings. The third-order valence-electron chi connectivity index (χ3n) is 4.86. The number of nitrogens with zero attached hydrogens (tertiary/aromatic N) is 1. The van der Waals surface area contributed by atoms with E-state index in [2.05, 4.69) is 0 Å². The summed E-state index contributed by atoms with van der Waals surface area (Å²) < 4.78 is 38.5. The molecule has 0 saturated carbocycles. The maximum Gasteiger partial charge on any atom is 0.412 e. The van der Waals surface area contributed by atoms with Gasteiger partial charge in [0.1, 0.15) is 23.0 Å². The number of rotatable bonds is 5. The van der Waals surface area contributed by atoms with Crippen LogP contribution in [-0.2, 0) is 9.47 Å². The van der Waals surface area contributed by atoms with Gasteiger partial charge in [-0.25, -0.2) is 13.6 Å². The molecule has 1 heterocycles. The van der Waals surface area contributed by atoms with Crippen LogP contribution in [0.15, 0.2) is 18.2 Å². The minimum absolute atomic E-state index is 0.0133. The van der Waals surface area contributed by atoms with Crippen molar-refractivity contribution in [3.05, 3.63) is 35.4 Å². The lowest BCUT2D eigenvalue weighted by Gasteiger charge is -2.35. The van der Waals surface area contributed by atoms with Crippen LogP contribution in [0.25, 0.3) is 0 Å². The molecule has 0 radical (unpaired) electrons. The second-order valence-corrected chi connectivity index (χ2v) is 8.65. The van der Waals surface area contributed by atoms with Crippen LogP contribution in [-0.4, -0.2) is 35.0 Å². The summed E-state index contributed by atoms with van der Waals surface area (Å²) in [5, 5.41) is 0. The van der Waals surface area contributed by atoms with Crippen molar-refractivity contribution in [3.63, 3.8) is 0 Å². The van der Waals surface area contributed by atoms with Gasteiger partial charge in [-0.05, 0) is 77.5 Å². The minimum Gasteiger partial charge on any atom is -0.444 e. The summed E-state index contributed by atoms with van der Waals surface area (Å²) in [7, 11) is 0. The van der Waals surface area contributed by atoms with E-state index in [0.717, 1.165) is 12.5 Å². The van der Waals surface area contributed by atoms with E-state index in [4.69, 9.17) is 9.47 Å². The summed E-state index contributed by atoms with van der Waals surface area (Å²) in [5.74, 6) is -1.12. The Labute approximate surface area is 160 Å². The van der Waals surface area contributed by atoms with Gasteiger partial charge in [0.25, 0.3) is 0 Å². The highest BCUT2D eigenvalue weighted by atomic mass is 19.1. The van der Waals surface area contributed by atoms with Crippen LogP contribution in [0.1, 0.15) is 72.3 Å². The average molecular weight is 383 g/mol. The Kier molecular flexibility index (Phi) is 6.51. The van der Waals surface area contributed by atoms with Gasteiger partial charge in [-0.2, -0.15) is 0 Å². The summed E-state index contributed by atoms with van der Waals surface area (Å²) >= 11 is 0. The van der Waals surface area contributed by atoms with E-state index in [-0.39, 0.29) is 12.0 Å².